The molecule has 2 aromatic carbocycles. The minimum absolute atomic E-state index is 0.206. The fraction of sp³-hybridized carbons (Fsp3) is 0.208. The van der Waals surface area contributed by atoms with E-state index in [1.807, 2.05) is 60.7 Å². The van der Waals surface area contributed by atoms with E-state index in [1.165, 1.54) is 13.2 Å². The van der Waals surface area contributed by atoms with Gasteiger partial charge in [-0.25, -0.2) is 4.68 Å². The zero-order valence-electron chi connectivity index (χ0n) is 17.9. The van der Waals surface area contributed by atoms with Crippen LogP contribution in [0.3, 0.4) is 0 Å². The van der Waals surface area contributed by atoms with Gasteiger partial charge >= 0.3 is 5.97 Å². The zero-order valence-corrected chi connectivity index (χ0v) is 17.9. The first-order valence-corrected chi connectivity index (χ1v) is 10.0. The number of ketones is 1. The molecule has 1 atom stereocenters. The number of esters is 1. The Morgan fingerprint density at radius 3 is 2.16 bits per heavy atom. The fourth-order valence-corrected chi connectivity index (χ4v) is 3.23. The molecular formula is C24H24N4O4. The van der Waals surface area contributed by atoms with Crippen LogP contribution in [0.15, 0.2) is 72.8 Å². The highest BCUT2D eigenvalue weighted by molar-refractivity contribution is 6.01. The number of methoxy groups -OCH3 is 1. The Hall–Kier alpha value is -3.91. The number of aryl methyl sites for hydroxylation is 1. The minimum atomic E-state index is -1.09. The van der Waals surface area contributed by atoms with Crippen molar-refractivity contribution >= 4 is 22.9 Å². The van der Waals surface area contributed by atoms with E-state index in [-0.39, 0.29) is 12.8 Å². The van der Waals surface area contributed by atoms with Crippen LogP contribution in [-0.2, 0) is 21.4 Å². The first-order valence-electron chi connectivity index (χ1n) is 10.0. The van der Waals surface area contributed by atoms with Crippen LogP contribution in [0.4, 0.5) is 0 Å². The van der Waals surface area contributed by atoms with Gasteiger partial charge in [-0.05, 0) is 27.1 Å². The first kappa shape index (κ1) is 22.8. The van der Waals surface area contributed by atoms with Crippen LogP contribution in [0.1, 0.15) is 29.8 Å². The number of carbonyl (C=O) groups excluding carboxylic acids is 2. The van der Waals surface area contributed by atoms with E-state index in [0.717, 1.165) is 16.7 Å². The van der Waals surface area contributed by atoms with Gasteiger partial charge in [0.05, 0.1) is 13.2 Å². The van der Waals surface area contributed by atoms with Crippen molar-refractivity contribution in [2.75, 3.05) is 7.11 Å². The highest BCUT2D eigenvalue weighted by Crippen LogP contribution is 2.32. The number of tetrazole rings is 1. The summed E-state index contributed by atoms with van der Waals surface area (Å²) in [4.78, 5) is 23.3. The van der Waals surface area contributed by atoms with Gasteiger partial charge in [-0.2, -0.15) is 0 Å². The number of allylic oxidation sites excluding steroid dienone is 2. The molecule has 32 heavy (non-hydrogen) atoms. The Labute approximate surface area is 185 Å². The second-order valence-electron chi connectivity index (χ2n) is 7.07. The Kier molecular flexibility index (Phi) is 7.77. The highest BCUT2D eigenvalue weighted by Gasteiger charge is 2.18. The van der Waals surface area contributed by atoms with Crippen molar-refractivity contribution in [2.45, 2.75) is 18.9 Å². The van der Waals surface area contributed by atoms with E-state index in [0.29, 0.717) is 11.4 Å². The number of hydrogen-bond acceptors (Lipinski definition) is 7. The summed E-state index contributed by atoms with van der Waals surface area (Å²) in [6, 6.07) is 19.6. The van der Waals surface area contributed by atoms with E-state index in [2.05, 4.69) is 20.3 Å². The number of aliphatic hydroxyl groups is 1. The van der Waals surface area contributed by atoms with Crippen molar-refractivity contribution in [2.24, 2.45) is 7.05 Å². The summed E-state index contributed by atoms with van der Waals surface area (Å²) in [7, 11) is 2.94. The molecule has 0 amide bonds. The number of rotatable bonds is 9. The quantitative estimate of drug-likeness (QED) is 0.315. The molecule has 8 heteroatoms. The standard InChI is InChI=1S/C24H24N4O4/c1-28-24(25-26-27-28)21(14-13-19(29)15-20(30)16-22(31)32-2)23(17-9-5-3-6-10-17)18-11-7-4-8-12-18/h3-14,19,29H,15-16H2,1-2H3. The van der Waals surface area contributed by atoms with Gasteiger partial charge in [0.25, 0.3) is 0 Å². The number of hydrogen-bond donors (Lipinski definition) is 1. The van der Waals surface area contributed by atoms with Gasteiger partial charge in [0.15, 0.2) is 5.82 Å². The SMILES string of the molecule is COC(=O)CC(=O)CC(O)C=CC(=C(c1ccccc1)c1ccccc1)c1nnnn1C. The number of ether oxygens (including phenoxy) is 1. The molecule has 0 aliphatic rings. The van der Waals surface area contributed by atoms with Gasteiger partial charge in [0, 0.05) is 19.0 Å². The van der Waals surface area contributed by atoms with Crippen LogP contribution in [-0.4, -0.2) is 50.3 Å². The molecule has 164 valence electrons. The number of aromatic nitrogens is 4. The maximum Gasteiger partial charge on any atom is 0.313 e. The number of benzene rings is 2. The minimum Gasteiger partial charge on any atom is -0.469 e. The molecule has 3 rings (SSSR count). The van der Waals surface area contributed by atoms with Crippen LogP contribution in [0.5, 0.6) is 0 Å². The topological polar surface area (TPSA) is 107 Å². The summed E-state index contributed by atoms with van der Waals surface area (Å²) in [6.07, 6.45) is 1.54. The second kappa shape index (κ2) is 10.9. The largest absolute Gasteiger partial charge is 0.469 e. The van der Waals surface area contributed by atoms with E-state index in [1.54, 1.807) is 17.8 Å². The molecule has 0 saturated heterocycles. The highest BCUT2D eigenvalue weighted by atomic mass is 16.5. The summed E-state index contributed by atoms with van der Waals surface area (Å²) in [5, 5.41) is 22.3. The van der Waals surface area contributed by atoms with E-state index in [9.17, 15) is 14.7 Å². The normalized spacial score (nSPS) is 11.8. The molecule has 0 spiro atoms. The maximum absolute atomic E-state index is 12.0. The van der Waals surface area contributed by atoms with Crippen LogP contribution in [0.25, 0.3) is 11.1 Å². The summed E-state index contributed by atoms with van der Waals surface area (Å²) in [6.45, 7) is 0. The zero-order chi connectivity index (χ0) is 22.9. The molecule has 8 nitrogen and oxygen atoms in total. The molecule has 0 bridgehead atoms. The lowest BCUT2D eigenvalue weighted by Gasteiger charge is -2.14. The van der Waals surface area contributed by atoms with Crippen LogP contribution < -0.4 is 0 Å². The number of aliphatic hydroxyl groups excluding tert-OH is 1. The lowest BCUT2D eigenvalue weighted by Crippen LogP contribution is -2.15. The Morgan fingerprint density at radius 2 is 1.66 bits per heavy atom. The summed E-state index contributed by atoms with van der Waals surface area (Å²) in [5.41, 5.74) is 3.43. The number of Topliss-reactive ketones (excluding diaryl/α,β-unsaturated/α-hetero) is 1. The molecular weight excluding hydrogens is 408 g/mol. The van der Waals surface area contributed by atoms with Gasteiger partial charge in [-0.15, -0.1) is 5.10 Å². The lowest BCUT2D eigenvalue weighted by molar-refractivity contribution is -0.143. The molecule has 1 aromatic heterocycles. The molecule has 3 aromatic rings. The molecule has 0 saturated carbocycles. The molecule has 0 radical (unpaired) electrons. The Bertz CT molecular complexity index is 1080. The van der Waals surface area contributed by atoms with Crippen molar-refractivity contribution in [1.29, 1.82) is 0 Å². The molecule has 0 aliphatic heterocycles. The molecule has 1 heterocycles. The van der Waals surface area contributed by atoms with Crippen molar-refractivity contribution in [1.82, 2.24) is 20.2 Å². The van der Waals surface area contributed by atoms with Gasteiger partial charge < -0.3 is 9.84 Å². The monoisotopic (exact) mass is 432 g/mol. The third-order valence-electron chi connectivity index (χ3n) is 4.75. The average Bonchev–Trinajstić information content (AvgIpc) is 3.23. The summed E-state index contributed by atoms with van der Waals surface area (Å²) in [5.74, 6) is -0.546. The molecule has 0 fully saturated rings. The van der Waals surface area contributed by atoms with Gasteiger partial charge in [-0.3, -0.25) is 9.59 Å². The molecule has 1 unspecified atom stereocenters. The third-order valence-corrected chi connectivity index (χ3v) is 4.75. The Morgan fingerprint density at radius 1 is 1.06 bits per heavy atom. The molecule has 1 N–H and O–H groups in total. The van der Waals surface area contributed by atoms with Gasteiger partial charge in [0.2, 0.25) is 0 Å². The number of carbonyl (C=O) groups is 2. The van der Waals surface area contributed by atoms with Crippen molar-refractivity contribution in [3.8, 4) is 0 Å². The van der Waals surface area contributed by atoms with E-state index in [4.69, 9.17) is 0 Å². The van der Waals surface area contributed by atoms with E-state index >= 15 is 0 Å². The third kappa shape index (κ3) is 5.83. The fourth-order valence-electron chi connectivity index (χ4n) is 3.23. The number of nitrogens with zero attached hydrogens (tertiary/aromatic N) is 4. The van der Waals surface area contributed by atoms with Gasteiger partial charge in [-0.1, -0.05) is 72.8 Å². The second-order valence-corrected chi connectivity index (χ2v) is 7.07. The Balaban J connectivity index is 2.06. The first-order chi connectivity index (χ1) is 15.5. The molecule has 0 aliphatic carbocycles. The van der Waals surface area contributed by atoms with Crippen molar-refractivity contribution < 1.29 is 19.4 Å². The van der Waals surface area contributed by atoms with Crippen LogP contribution in [0.2, 0.25) is 0 Å². The predicted molar refractivity (Wildman–Crippen MR) is 119 cm³/mol. The average molecular weight is 432 g/mol. The maximum atomic E-state index is 12.0. The van der Waals surface area contributed by atoms with Gasteiger partial charge in [0.1, 0.15) is 12.2 Å². The van der Waals surface area contributed by atoms with Crippen LogP contribution in [0, 0.1) is 0 Å². The van der Waals surface area contributed by atoms with Crippen molar-refractivity contribution in [3.63, 3.8) is 0 Å². The predicted octanol–water partition coefficient (Wildman–Crippen LogP) is 2.61. The smallest absolute Gasteiger partial charge is 0.313 e. The van der Waals surface area contributed by atoms with E-state index < -0.39 is 17.9 Å². The van der Waals surface area contributed by atoms with Crippen molar-refractivity contribution in [3.05, 3.63) is 89.8 Å². The summed E-state index contributed by atoms with van der Waals surface area (Å²) < 4.78 is 6.04. The summed E-state index contributed by atoms with van der Waals surface area (Å²) >= 11 is 0. The lowest BCUT2D eigenvalue weighted by atomic mass is 9.92. The van der Waals surface area contributed by atoms with Crippen LogP contribution >= 0.6 is 0 Å².